The Bertz CT molecular complexity index is 721. The standard InChI is InChI=1S/C17H28N4O5/c1-2-13-14(10-12-6-4-3-5-7-12)20(17(24)19-15(13)22)11-26-9-8-21(25)16(18)23/h12,25H,2-11H2,1H3,(H2,18,23)(H,19,22,24). The van der Waals surface area contributed by atoms with E-state index >= 15 is 0 Å². The van der Waals surface area contributed by atoms with Crippen LogP contribution in [0.3, 0.4) is 0 Å². The van der Waals surface area contributed by atoms with Crippen molar-refractivity contribution in [3.8, 4) is 0 Å². The summed E-state index contributed by atoms with van der Waals surface area (Å²) in [4.78, 5) is 37.6. The highest BCUT2D eigenvalue weighted by Gasteiger charge is 2.20. The van der Waals surface area contributed by atoms with E-state index in [0.29, 0.717) is 29.4 Å². The van der Waals surface area contributed by atoms with Gasteiger partial charge in [-0.1, -0.05) is 39.0 Å². The van der Waals surface area contributed by atoms with Gasteiger partial charge in [-0.15, -0.1) is 0 Å². The van der Waals surface area contributed by atoms with Crippen LogP contribution >= 0.6 is 0 Å². The molecule has 9 nitrogen and oxygen atoms in total. The molecule has 26 heavy (non-hydrogen) atoms. The van der Waals surface area contributed by atoms with Crippen molar-refractivity contribution in [1.82, 2.24) is 14.6 Å². The average Bonchev–Trinajstić information content (AvgIpc) is 2.61. The summed E-state index contributed by atoms with van der Waals surface area (Å²) in [5, 5.41) is 9.57. The van der Waals surface area contributed by atoms with Gasteiger partial charge in [0.05, 0.1) is 13.2 Å². The van der Waals surface area contributed by atoms with Gasteiger partial charge in [0.15, 0.2) is 0 Å². The Morgan fingerprint density at radius 1 is 1.35 bits per heavy atom. The number of urea groups is 1. The van der Waals surface area contributed by atoms with Gasteiger partial charge in [0.25, 0.3) is 5.56 Å². The van der Waals surface area contributed by atoms with E-state index in [-0.39, 0.29) is 25.4 Å². The minimum absolute atomic E-state index is 0.00926. The number of ether oxygens (including phenoxy) is 1. The van der Waals surface area contributed by atoms with Crippen molar-refractivity contribution in [2.24, 2.45) is 11.7 Å². The topological polar surface area (TPSA) is 131 Å². The molecule has 1 fully saturated rings. The summed E-state index contributed by atoms with van der Waals surface area (Å²) < 4.78 is 6.87. The molecular weight excluding hydrogens is 340 g/mol. The Balaban J connectivity index is 2.16. The third-order valence-electron chi connectivity index (χ3n) is 4.90. The molecule has 0 bridgehead atoms. The maximum absolute atomic E-state index is 12.3. The van der Waals surface area contributed by atoms with Gasteiger partial charge in [0, 0.05) is 11.3 Å². The minimum Gasteiger partial charge on any atom is -0.359 e. The zero-order valence-corrected chi connectivity index (χ0v) is 15.2. The molecule has 1 aromatic rings. The molecule has 1 heterocycles. The van der Waals surface area contributed by atoms with Crippen LogP contribution in [0.2, 0.25) is 0 Å². The van der Waals surface area contributed by atoms with E-state index in [1.165, 1.54) is 23.8 Å². The highest BCUT2D eigenvalue weighted by molar-refractivity contribution is 5.70. The van der Waals surface area contributed by atoms with Crippen molar-refractivity contribution in [1.29, 1.82) is 0 Å². The first-order valence-electron chi connectivity index (χ1n) is 9.12. The fourth-order valence-electron chi connectivity index (χ4n) is 3.47. The van der Waals surface area contributed by atoms with Gasteiger partial charge in [0.1, 0.15) is 6.73 Å². The van der Waals surface area contributed by atoms with E-state index in [9.17, 15) is 19.6 Å². The number of H-pyrrole nitrogens is 1. The lowest BCUT2D eigenvalue weighted by molar-refractivity contribution is -0.0630. The fraction of sp³-hybridized carbons (Fsp3) is 0.706. The number of rotatable bonds is 8. The molecule has 9 heteroatoms. The molecule has 0 saturated heterocycles. The quantitative estimate of drug-likeness (QED) is 0.357. The van der Waals surface area contributed by atoms with E-state index in [1.54, 1.807) is 0 Å². The molecule has 1 aliphatic carbocycles. The Kier molecular flexibility index (Phi) is 7.40. The molecule has 1 aliphatic rings. The molecule has 1 saturated carbocycles. The summed E-state index contributed by atoms with van der Waals surface area (Å²) in [5.74, 6) is 0.462. The van der Waals surface area contributed by atoms with Crippen LogP contribution in [0.25, 0.3) is 0 Å². The van der Waals surface area contributed by atoms with Crippen LogP contribution in [0.1, 0.15) is 50.3 Å². The van der Waals surface area contributed by atoms with Crippen LogP contribution in [0, 0.1) is 5.92 Å². The lowest BCUT2D eigenvalue weighted by Gasteiger charge is -2.24. The number of nitrogens with two attached hydrogens (primary N) is 1. The summed E-state index contributed by atoms with van der Waals surface area (Å²) in [6.07, 6.45) is 7.00. The number of primary amides is 1. The number of hydrogen-bond donors (Lipinski definition) is 3. The maximum Gasteiger partial charge on any atom is 0.338 e. The number of amides is 2. The zero-order chi connectivity index (χ0) is 19.1. The third kappa shape index (κ3) is 5.18. The molecule has 2 amide bonds. The molecule has 0 spiro atoms. The molecule has 0 radical (unpaired) electrons. The number of carbonyl (C=O) groups is 1. The summed E-state index contributed by atoms with van der Waals surface area (Å²) in [6, 6.07) is -0.971. The molecule has 0 aromatic carbocycles. The number of carbonyl (C=O) groups excluding carboxylic acids is 1. The van der Waals surface area contributed by atoms with E-state index < -0.39 is 11.7 Å². The monoisotopic (exact) mass is 368 g/mol. The molecular formula is C17H28N4O5. The van der Waals surface area contributed by atoms with Crippen LogP contribution in [-0.2, 0) is 24.3 Å². The predicted molar refractivity (Wildman–Crippen MR) is 95.0 cm³/mol. The van der Waals surface area contributed by atoms with Gasteiger partial charge in [-0.05, 0) is 18.8 Å². The van der Waals surface area contributed by atoms with Crippen LogP contribution in [0.15, 0.2) is 9.59 Å². The Labute approximate surface area is 151 Å². The maximum atomic E-state index is 12.3. The van der Waals surface area contributed by atoms with Gasteiger partial charge < -0.3 is 10.5 Å². The summed E-state index contributed by atoms with van der Waals surface area (Å²) in [5.41, 5.74) is 5.42. The molecule has 2 rings (SSSR count). The van der Waals surface area contributed by atoms with Crippen molar-refractivity contribution in [2.75, 3.05) is 13.2 Å². The van der Waals surface area contributed by atoms with Crippen LogP contribution in [0.4, 0.5) is 4.79 Å². The lowest BCUT2D eigenvalue weighted by Crippen LogP contribution is -2.38. The highest BCUT2D eigenvalue weighted by Crippen LogP contribution is 2.27. The normalized spacial score (nSPS) is 15.2. The van der Waals surface area contributed by atoms with Crippen molar-refractivity contribution in [2.45, 2.75) is 58.6 Å². The second-order valence-corrected chi connectivity index (χ2v) is 6.67. The second kappa shape index (κ2) is 9.54. The van der Waals surface area contributed by atoms with E-state index in [0.717, 1.165) is 18.5 Å². The van der Waals surface area contributed by atoms with Gasteiger partial charge in [0.2, 0.25) is 0 Å². The Hall–Kier alpha value is -2.13. The second-order valence-electron chi connectivity index (χ2n) is 6.67. The fourth-order valence-corrected chi connectivity index (χ4v) is 3.47. The number of nitrogens with one attached hydrogen (secondary N) is 1. The molecule has 1 aromatic heterocycles. The van der Waals surface area contributed by atoms with Crippen LogP contribution in [-0.4, -0.2) is 39.0 Å². The van der Waals surface area contributed by atoms with Gasteiger partial charge in [-0.3, -0.25) is 19.6 Å². The van der Waals surface area contributed by atoms with Crippen LogP contribution < -0.4 is 17.0 Å². The molecule has 0 atom stereocenters. The average molecular weight is 368 g/mol. The number of hydroxylamine groups is 2. The van der Waals surface area contributed by atoms with Crippen molar-refractivity contribution in [3.05, 3.63) is 32.1 Å². The number of aromatic amines is 1. The smallest absolute Gasteiger partial charge is 0.338 e. The number of nitrogens with zero attached hydrogens (tertiary/aromatic N) is 2. The SMILES string of the molecule is CCc1c(CC2CCCCC2)n(COCCN(O)C(N)=O)c(=O)[nH]c1=O. The first-order valence-corrected chi connectivity index (χ1v) is 9.12. The lowest BCUT2D eigenvalue weighted by atomic mass is 9.85. The minimum atomic E-state index is -0.971. The largest absolute Gasteiger partial charge is 0.359 e. The Morgan fingerprint density at radius 3 is 2.65 bits per heavy atom. The summed E-state index contributed by atoms with van der Waals surface area (Å²) in [6.45, 7) is 1.74. The molecule has 4 N–H and O–H groups in total. The first kappa shape index (κ1) is 20.2. The third-order valence-corrected chi connectivity index (χ3v) is 4.90. The predicted octanol–water partition coefficient (Wildman–Crippen LogP) is 0.966. The number of aromatic nitrogens is 2. The highest BCUT2D eigenvalue weighted by atomic mass is 16.5. The molecule has 146 valence electrons. The van der Waals surface area contributed by atoms with Gasteiger partial charge in [-0.25, -0.2) is 14.7 Å². The van der Waals surface area contributed by atoms with E-state index in [2.05, 4.69) is 4.98 Å². The summed E-state index contributed by atoms with van der Waals surface area (Å²) >= 11 is 0. The van der Waals surface area contributed by atoms with Crippen molar-refractivity contribution >= 4 is 6.03 Å². The van der Waals surface area contributed by atoms with E-state index in [1.807, 2.05) is 6.92 Å². The van der Waals surface area contributed by atoms with Crippen LogP contribution in [0.5, 0.6) is 0 Å². The molecule has 0 aliphatic heterocycles. The van der Waals surface area contributed by atoms with Crippen molar-refractivity contribution < 1.29 is 14.7 Å². The first-order chi connectivity index (χ1) is 12.4. The Morgan fingerprint density at radius 2 is 2.04 bits per heavy atom. The zero-order valence-electron chi connectivity index (χ0n) is 15.2. The molecule has 0 unspecified atom stereocenters. The number of hydrogen-bond acceptors (Lipinski definition) is 5. The van der Waals surface area contributed by atoms with Gasteiger partial charge >= 0.3 is 11.7 Å². The van der Waals surface area contributed by atoms with E-state index in [4.69, 9.17) is 10.5 Å². The van der Waals surface area contributed by atoms with Crippen molar-refractivity contribution in [3.63, 3.8) is 0 Å². The van der Waals surface area contributed by atoms with Gasteiger partial charge in [-0.2, -0.15) is 0 Å². The summed E-state index contributed by atoms with van der Waals surface area (Å²) in [7, 11) is 0.